The zero-order valence-electron chi connectivity index (χ0n) is 13.0. The summed E-state index contributed by atoms with van der Waals surface area (Å²) < 4.78 is 18.7. The van der Waals surface area contributed by atoms with Gasteiger partial charge in [0.2, 0.25) is 0 Å². The van der Waals surface area contributed by atoms with Gasteiger partial charge in [-0.15, -0.1) is 0 Å². The van der Waals surface area contributed by atoms with Crippen molar-refractivity contribution < 1.29 is 13.9 Å². The van der Waals surface area contributed by atoms with Crippen LogP contribution in [0.2, 0.25) is 0 Å². The molecule has 1 atom stereocenters. The van der Waals surface area contributed by atoms with E-state index in [1.807, 2.05) is 38.1 Å². The second kappa shape index (κ2) is 7.07. The first-order chi connectivity index (χ1) is 10.5. The highest BCUT2D eigenvalue weighted by atomic mass is 19.1. The molecule has 0 N–H and O–H groups in total. The van der Waals surface area contributed by atoms with Gasteiger partial charge in [0.25, 0.3) is 5.91 Å². The van der Waals surface area contributed by atoms with E-state index >= 15 is 0 Å². The lowest BCUT2D eigenvalue weighted by atomic mass is 10.1. The molecule has 0 aliphatic carbocycles. The molecule has 116 valence electrons. The van der Waals surface area contributed by atoms with Crippen LogP contribution in [-0.2, 0) is 4.79 Å². The molecule has 0 radical (unpaired) electrons. The summed E-state index contributed by atoms with van der Waals surface area (Å²) in [5, 5.41) is 0. The second-order valence-electron chi connectivity index (χ2n) is 5.31. The van der Waals surface area contributed by atoms with Crippen LogP contribution < -0.4 is 4.74 Å². The smallest absolute Gasteiger partial charge is 0.260 e. The van der Waals surface area contributed by atoms with Gasteiger partial charge in [0, 0.05) is 7.05 Å². The molecule has 0 spiro atoms. The van der Waals surface area contributed by atoms with E-state index in [2.05, 4.69) is 0 Å². The van der Waals surface area contributed by atoms with Gasteiger partial charge < -0.3 is 9.64 Å². The highest BCUT2D eigenvalue weighted by Gasteiger charge is 2.18. The second-order valence-corrected chi connectivity index (χ2v) is 5.31. The van der Waals surface area contributed by atoms with Crippen molar-refractivity contribution in [2.45, 2.75) is 19.9 Å². The van der Waals surface area contributed by atoms with Crippen LogP contribution in [0.5, 0.6) is 5.75 Å². The van der Waals surface area contributed by atoms with Gasteiger partial charge in [-0.25, -0.2) is 4.39 Å². The largest absolute Gasteiger partial charge is 0.481 e. The Hall–Kier alpha value is -2.36. The fraction of sp³-hybridized carbons (Fsp3) is 0.278. The van der Waals surface area contributed by atoms with E-state index in [-0.39, 0.29) is 24.3 Å². The van der Waals surface area contributed by atoms with Crippen LogP contribution in [0.15, 0.2) is 48.5 Å². The molecule has 4 heteroatoms. The maximum Gasteiger partial charge on any atom is 0.260 e. The molecule has 0 aliphatic heterocycles. The Morgan fingerprint density at radius 3 is 2.45 bits per heavy atom. The first kappa shape index (κ1) is 16.0. The average Bonchev–Trinajstić information content (AvgIpc) is 2.53. The van der Waals surface area contributed by atoms with Gasteiger partial charge in [-0.1, -0.05) is 42.0 Å². The summed E-state index contributed by atoms with van der Waals surface area (Å²) in [5.41, 5.74) is 2.22. The van der Waals surface area contributed by atoms with Crippen LogP contribution in [0.4, 0.5) is 4.39 Å². The standard InChI is InChI=1S/C18H20FNO2/c1-13-8-10-15(11-9-13)14(2)20(3)18(21)12-22-17-7-5-4-6-16(17)19/h4-11,14H,12H2,1-3H3. The molecular weight excluding hydrogens is 281 g/mol. The number of aryl methyl sites for hydroxylation is 1. The van der Waals surface area contributed by atoms with Gasteiger partial charge in [0.1, 0.15) is 0 Å². The number of nitrogens with zero attached hydrogens (tertiary/aromatic N) is 1. The van der Waals surface area contributed by atoms with Gasteiger partial charge in [-0.3, -0.25) is 4.79 Å². The molecule has 2 aromatic carbocycles. The lowest BCUT2D eigenvalue weighted by Crippen LogP contribution is -2.33. The van der Waals surface area contributed by atoms with Crippen LogP contribution >= 0.6 is 0 Å². The summed E-state index contributed by atoms with van der Waals surface area (Å²) in [6.07, 6.45) is 0. The topological polar surface area (TPSA) is 29.5 Å². The Balaban J connectivity index is 1.97. The molecule has 0 fully saturated rings. The number of benzene rings is 2. The van der Waals surface area contributed by atoms with Crippen LogP contribution in [0.1, 0.15) is 24.1 Å². The van der Waals surface area contributed by atoms with E-state index in [4.69, 9.17) is 4.74 Å². The van der Waals surface area contributed by atoms with Gasteiger partial charge >= 0.3 is 0 Å². The summed E-state index contributed by atoms with van der Waals surface area (Å²) in [5.74, 6) is -0.576. The molecule has 0 saturated carbocycles. The van der Waals surface area contributed by atoms with Crippen molar-refractivity contribution in [1.29, 1.82) is 0 Å². The fourth-order valence-electron chi connectivity index (χ4n) is 2.09. The Labute approximate surface area is 130 Å². The number of likely N-dealkylation sites (N-methyl/N-ethyl adjacent to an activating group) is 1. The number of ether oxygens (including phenoxy) is 1. The van der Waals surface area contributed by atoms with Crippen molar-refractivity contribution >= 4 is 5.91 Å². The van der Waals surface area contributed by atoms with E-state index in [0.717, 1.165) is 5.56 Å². The van der Waals surface area contributed by atoms with Crippen molar-refractivity contribution in [3.63, 3.8) is 0 Å². The summed E-state index contributed by atoms with van der Waals surface area (Å²) in [6.45, 7) is 3.78. The van der Waals surface area contributed by atoms with Gasteiger partial charge in [0.15, 0.2) is 18.2 Å². The molecule has 3 nitrogen and oxygen atoms in total. The number of amides is 1. The monoisotopic (exact) mass is 301 g/mol. The number of halogens is 1. The molecule has 0 bridgehead atoms. The number of hydrogen-bond donors (Lipinski definition) is 0. The first-order valence-corrected chi connectivity index (χ1v) is 7.18. The predicted molar refractivity (Wildman–Crippen MR) is 84.3 cm³/mol. The Kier molecular flexibility index (Phi) is 5.15. The highest BCUT2D eigenvalue weighted by molar-refractivity contribution is 5.78. The number of para-hydroxylation sites is 1. The molecular formula is C18H20FNO2. The maximum absolute atomic E-state index is 13.5. The summed E-state index contributed by atoms with van der Waals surface area (Å²) in [7, 11) is 1.72. The van der Waals surface area contributed by atoms with E-state index < -0.39 is 5.82 Å². The van der Waals surface area contributed by atoms with E-state index in [1.165, 1.54) is 17.7 Å². The summed E-state index contributed by atoms with van der Waals surface area (Å²) >= 11 is 0. The van der Waals surface area contributed by atoms with E-state index in [9.17, 15) is 9.18 Å². The lowest BCUT2D eigenvalue weighted by molar-refractivity contribution is -0.134. The van der Waals surface area contributed by atoms with Crippen molar-refractivity contribution in [3.05, 3.63) is 65.5 Å². The molecule has 0 aromatic heterocycles. The maximum atomic E-state index is 13.5. The van der Waals surface area contributed by atoms with Crippen molar-refractivity contribution in [2.24, 2.45) is 0 Å². The van der Waals surface area contributed by atoms with Crippen molar-refractivity contribution in [1.82, 2.24) is 4.90 Å². The number of carbonyl (C=O) groups is 1. The molecule has 2 rings (SSSR count). The predicted octanol–water partition coefficient (Wildman–Crippen LogP) is 3.73. The molecule has 0 aliphatic rings. The van der Waals surface area contributed by atoms with E-state index in [1.54, 1.807) is 24.1 Å². The van der Waals surface area contributed by atoms with Crippen molar-refractivity contribution in [3.8, 4) is 5.75 Å². The zero-order chi connectivity index (χ0) is 16.1. The number of hydrogen-bond acceptors (Lipinski definition) is 2. The normalized spacial score (nSPS) is 11.8. The van der Waals surface area contributed by atoms with Crippen molar-refractivity contribution in [2.75, 3.05) is 13.7 Å². The van der Waals surface area contributed by atoms with Crippen LogP contribution in [0, 0.1) is 12.7 Å². The van der Waals surface area contributed by atoms with Gasteiger partial charge in [-0.05, 0) is 31.5 Å². The van der Waals surface area contributed by atoms with Gasteiger partial charge in [-0.2, -0.15) is 0 Å². The Morgan fingerprint density at radius 2 is 1.82 bits per heavy atom. The third-order valence-corrected chi connectivity index (χ3v) is 3.72. The molecule has 1 amide bonds. The highest BCUT2D eigenvalue weighted by Crippen LogP contribution is 2.20. The summed E-state index contributed by atoms with van der Waals surface area (Å²) in [6, 6.07) is 14.0. The third-order valence-electron chi connectivity index (χ3n) is 3.72. The fourth-order valence-corrected chi connectivity index (χ4v) is 2.09. The molecule has 2 aromatic rings. The van der Waals surface area contributed by atoms with Crippen LogP contribution in [0.3, 0.4) is 0 Å². The number of carbonyl (C=O) groups excluding carboxylic acids is 1. The van der Waals surface area contributed by atoms with E-state index in [0.29, 0.717) is 0 Å². The molecule has 22 heavy (non-hydrogen) atoms. The third kappa shape index (κ3) is 3.85. The molecule has 0 saturated heterocycles. The molecule has 0 heterocycles. The minimum Gasteiger partial charge on any atom is -0.481 e. The summed E-state index contributed by atoms with van der Waals surface area (Å²) in [4.78, 5) is 13.8. The average molecular weight is 301 g/mol. The van der Waals surface area contributed by atoms with Crippen LogP contribution in [-0.4, -0.2) is 24.5 Å². The zero-order valence-corrected chi connectivity index (χ0v) is 13.0. The Bertz CT molecular complexity index is 640. The first-order valence-electron chi connectivity index (χ1n) is 7.18. The molecule has 1 unspecified atom stereocenters. The van der Waals surface area contributed by atoms with Crippen LogP contribution in [0.25, 0.3) is 0 Å². The number of rotatable bonds is 5. The Morgan fingerprint density at radius 1 is 1.18 bits per heavy atom. The van der Waals surface area contributed by atoms with Gasteiger partial charge in [0.05, 0.1) is 6.04 Å². The minimum absolute atomic E-state index is 0.0719. The minimum atomic E-state index is -0.468. The SMILES string of the molecule is Cc1ccc(C(C)N(C)C(=O)COc2ccccc2F)cc1. The lowest BCUT2D eigenvalue weighted by Gasteiger charge is -2.25. The quantitative estimate of drug-likeness (QED) is 0.842.